The second-order valence-corrected chi connectivity index (χ2v) is 6.27. The van der Waals surface area contributed by atoms with Gasteiger partial charge in [-0.05, 0) is 51.5 Å². The van der Waals surface area contributed by atoms with Crippen LogP contribution in [0.25, 0.3) is 0 Å². The number of likely N-dealkylation sites (N-methyl/N-ethyl adjacent to an activating group) is 2. The minimum atomic E-state index is 0.143. The molecule has 0 heterocycles. The summed E-state index contributed by atoms with van der Waals surface area (Å²) in [6.07, 6.45) is 2.32. The van der Waals surface area contributed by atoms with Gasteiger partial charge in [-0.2, -0.15) is 0 Å². The van der Waals surface area contributed by atoms with Crippen LogP contribution in [0.4, 0.5) is 0 Å². The Morgan fingerprint density at radius 1 is 1.30 bits per heavy atom. The topological polar surface area (TPSA) is 32.5 Å². The second-order valence-electron chi connectivity index (χ2n) is 6.27. The van der Waals surface area contributed by atoms with Crippen molar-refractivity contribution in [2.45, 2.75) is 44.8 Å². The maximum absolute atomic E-state index is 6.58. The zero-order valence-electron chi connectivity index (χ0n) is 13.3. The van der Waals surface area contributed by atoms with Crippen molar-refractivity contribution in [3.05, 3.63) is 35.4 Å². The third-order valence-electron chi connectivity index (χ3n) is 4.52. The molecule has 112 valence electrons. The zero-order chi connectivity index (χ0) is 14.7. The molecule has 0 saturated carbocycles. The summed E-state index contributed by atoms with van der Waals surface area (Å²) >= 11 is 0. The molecule has 20 heavy (non-hydrogen) atoms. The van der Waals surface area contributed by atoms with E-state index < -0.39 is 0 Å². The zero-order valence-corrected chi connectivity index (χ0v) is 13.3. The van der Waals surface area contributed by atoms with E-state index in [1.165, 1.54) is 17.5 Å². The first kappa shape index (κ1) is 15.5. The van der Waals surface area contributed by atoms with Crippen LogP contribution in [0.15, 0.2) is 24.3 Å². The van der Waals surface area contributed by atoms with E-state index >= 15 is 0 Å². The highest BCUT2D eigenvalue weighted by Gasteiger charge is 2.32. The molecule has 0 fully saturated rings. The molecule has 0 radical (unpaired) electrons. The van der Waals surface area contributed by atoms with Crippen LogP contribution in [0.5, 0.6) is 0 Å². The largest absolute Gasteiger partial charge is 0.323 e. The van der Waals surface area contributed by atoms with Gasteiger partial charge in [0.25, 0.3) is 0 Å². The minimum Gasteiger partial charge on any atom is -0.323 e. The molecule has 3 atom stereocenters. The third-order valence-corrected chi connectivity index (χ3v) is 4.52. The second kappa shape index (κ2) is 6.70. The number of hydrogen-bond acceptors (Lipinski definition) is 3. The van der Waals surface area contributed by atoms with Gasteiger partial charge in [-0.3, -0.25) is 4.90 Å². The van der Waals surface area contributed by atoms with E-state index in [0.29, 0.717) is 12.1 Å². The molecule has 0 amide bonds. The molecule has 1 aromatic carbocycles. The average molecular weight is 275 g/mol. The summed E-state index contributed by atoms with van der Waals surface area (Å²) in [4.78, 5) is 4.84. The fourth-order valence-corrected chi connectivity index (χ4v) is 3.66. The number of hydrogen-bond donors (Lipinski definition) is 1. The quantitative estimate of drug-likeness (QED) is 0.895. The molecule has 3 unspecified atom stereocenters. The fourth-order valence-electron chi connectivity index (χ4n) is 3.66. The minimum absolute atomic E-state index is 0.143. The van der Waals surface area contributed by atoms with Gasteiger partial charge in [0.2, 0.25) is 0 Å². The van der Waals surface area contributed by atoms with Crippen LogP contribution < -0.4 is 5.73 Å². The summed E-state index contributed by atoms with van der Waals surface area (Å²) in [6.45, 7) is 6.71. The SMILES string of the molecule is CCN(C(C)CN(C)C)C1CCc2ccccc2C1N. The molecular formula is C17H29N3. The van der Waals surface area contributed by atoms with Crippen LogP contribution in [-0.4, -0.2) is 49.1 Å². The van der Waals surface area contributed by atoms with Gasteiger partial charge in [0, 0.05) is 24.7 Å². The Balaban J connectivity index is 2.16. The van der Waals surface area contributed by atoms with Gasteiger partial charge in [-0.25, -0.2) is 0 Å². The van der Waals surface area contributed by atoms with Gasteiger partial charge in [0.05, 0.1) is 0 Å². The average Bonchev–Trinajstić information content (AvgIpc) is 2.41. The smallest absolute Gasteiger partial charge is 0.0456 e. The molecule has 1 aliphatic carbocycles. The van der Waals surface area contributed by atoms with Crippen LogP contribution in [0.1, 0.15) is 37.4 Å². The van der Waals surface area contributed by atoms with Crippen molar-refractivity contribution < 1.29 is 0 Å². The number of nitrogens with two attached hydrogens (primary N) is 1. The number of aryl methyl sites for hydroxylation is 1. The lowest BCUT2D eigenvalue weighted by Crippen LogP contribution is -2.51. The van der Waals surface area contributed by atoms with Gasteiger partial charge < -0.3 is 10.6 Å². The lowest BCUT2D eigenvalue weighted by Gasteiger charge is -2.42. The van der Waals surface area contributed by atoms with Crippen LogP contribution in [0.2, 0.25) is 0 Å². The number of fused-ring (bicyclic) bond motifs is 1. The molecule has 2 rings (SSSR count). The Kier molecular flexibility index (Phi) is 5.19. The first-order chi connectivity index (χ1) is 9.54. The first-order valence-corrected chi connectivity index (χ1v) is 7.78. The van der Waals surface area contributed by atoms with Crippen LogP contribution in [0, 0.1) is 0 Å². The summed E-state index contributed by atoms with van der Waals surface area (Å²) in [5, 5.41) is 0. The first-order valence-electron chi connectivity index (χ1n) is 7.78. The Hall–Kier alpha value is -0.900. The highest BCUT2D eigenvalue weighted by Crippen LogP contribution is 2.32. The molecule has 0 aliphatic heterocycles. The molecule has 0 saturated heterocycles. The van der Waals surface area contributed by atoms with Crippen LogP contribution >= 0.6 is 0 Å². The molecule has 2 N–H and O–H groups in total. The normalized spacial score (nSPS) is 23.9. The number of benzene rings is 1. The van der Waals surface area contributed by atoms with E-state index in [1.807, 2.05) is 0 Å². The molecule has 0 spiro atoms. The van der Waals surface area contributed by atoms with E-state index in [9.17, 15) is 0 Å². The van der Waals surface area contributed by atoms with Crippen molar-refractivity contribution in [2.75, 3.05) is 27.2 Å². The fraction of sp³-hybridized carbons (Fsp3) is 0.647. The van der Waals surface area contributed by atoms with Gasteiger partial charge in [-0.15, -0.1) is 0 Å². The molecule has 1 aromatic rings. The van der Waals surface area contributed by atoms with Gasteiger partial charge >= 0.3 is 0 Å². The van der Waals surface area contributed by atoms with Crippen molar-refractivity contribution >= 4 is 0 Å². The predicted molar refractivity (Wildman–Crippen MR) is 85.9 cm³/mol. The highest BCUT2D eigenvalue weighted by atomic mass is 15.2. The highest BCUT2D eigenvalue weighted by molar-refractivity contribution is 5.33. The van der Waals surface area contributed by atoms with Crippen molar-refractivity contribution in [1.82, 2.24) is 9.80 Å². The Morgan fingerprint density at radius 3 is 2.65 bits per heavy atom. The van der Waals surface area contributed by atoms with E-state index in [0.717, 1.165) is 19.5 Å². The van der Waals surface area contributed by atoms with Crippen molar-refractivity contribution in [3.8, 4) is 0 Å². The number of rotatable bonds is 5. The molecule has 3 heteroatoms. The van der Waals surface area contributed by atoms with E-state index in [2.05, 4.69) is 62.0 Å². The van der Waals surface area contributed by atoms with Crippen molar-refractivity contribution in [3.63, 3.8) is 0 Å². The molecule has 0 aromatic heterocycles. The summed E-state index contributed by atoms with van der Waals surface area (Å²) in [6, 6.07) is 9.81. The number of nitrogens with zero attached hydrogens (tertiary/aromatic N) is 2. The Labute approximate surface area is 123 Å². The summed E-state index contributed by atoms with van der Waals surface area (Å²) in [5.74, 6) is 0. The molecule has 1 aliphatic rings. The van der Waals surface area contributed by atoms with Gasteiger partial charge in [0.15, 0.2) is 0 Å². The maximum Gasteiger partial charge on any atom is 0.0456 e. The summed E-state index contributed by atoms with van der Waals surface area (Å²) in [7, 11) is 4.28. The lowest BCUT2D eigenvalue weighted by molar-refractivity contribution is 0.0999. The summed E-state index contributed by atoms with van der Waals surface area (Å²) < 4.78 is 0. The van der Waals surface area contributed by atoms with Gasteiger partial charge in [0.1, 0.15) is 0 Å². The van der Waals surface area contributed by atoms with Crippen LogP contribution in [0.3, 0.4) is 0 Å². The van der Waals surface area contributed by atoms with E-state index in [-0.39, 0.29) is 6.04 Å². The standard InChI is InChI=1S/C17H29N3/c1-5-20(13(2)12-19(3)4)16-11-10-14-8-6-7-9-15(14)17(16)18/h6-9,13,16-17H,5,10-12,18H2,1-4H3. The van der Waals surface area contributed by atoms with E-state index in [1.54, 1.807) is 0 Å². The van der Waals surface area contributed by atoms with Crippen LogP contribution in [-0.2, 0) is 6.42 Å². The maximum atomic E-state index is 6.58. The monoisotopic (exact) mass is 275 g/mol. The Bertz CT molecular complexity index is 430. The third kappa shape index (κ3) is 3.22. The molecule has 3 nitrogen and oxygen atoms in total. The van der Waals surface area contributed by atoms with Crippen molar-refractivity contribution in [2.24, 2.45) is 5.73 Å². The van der Waals surface area contributed by atoms with E-state index in [4.69, 9.17) is 5.73 Å². The molecular weight excluding hydrogens is 246 g/mol. The predicted octanol–water partition coefficient (Wildman–Crippen LogP) is 2.27. The molecule has 0 bridgehead atoms. The van der Waals surface area contributed by atoms with Crippen molar-refractivity contribution in [1.29, 1.82) is 0 Å². The lowest BCUT2D eigenvalue weighted by atomic mass is 9.83. The van der Waals surface area contributed by atoms with Gasteiger partial charge in [-0.1, -0.05) is 31.2 Å². The summed E-state index contributed by atoms with van der Waals surface area (Å²) in [5.41, 5.74) is 9.36. The Morgan fingerprint density at radius 2 is 2.00 bits per heavy atom.